The zero-order chi connectivity index (χ0) is 14.0. The molecule has 1 aliphatic carbocycles. The van der Waals surface area contributed by atoms with E-state index in [0.29, 0.717) is 0 Å². The fourth-order valence-corrected chi connectivity index (χ4v) is 3.17. The minimum Gasteiger partial charge on any atom is -0.494 e. The van der Waals surface area contributed by atoms with Gasteiger partial charge in [0.25, 0.3) is 0 Å². The number of rotatable bonds is 8. The number of unbranched alkanes of at least 4 members (excludes halogenated alkanes) is 4. The Kier molecular flexibility index (Phi) is 6.97. The van der Waals surface area contributed by atoms with Gasteiger partial charge in [-0.05, 0) is 42.9 Å². The first kappa shape index (κ1) is 15.4. The van der Waals surface area contributed by atoms with Crippen LogP contribution in [-0.2, 0) is 0 Å². The lowest BCUT2D eigenvalue weighted by Gasteiger charge is -2.22. The van der Waals surface area contributed by atoms with Gasteiger partial charge >= 0.3 is 0 Å². The predicted octanol–water partition coefficient (Wildman–Crippen LogP) is 6.08. The molecule has 0 saturated heterocycles. The average Bonchev–Trinajstić information content (AvgIpc) is 2.52. The summed E-state index contributed by atoms with van der Waals surface area (Å²) in [5, 5.41) is 0. The van der Waals surface area contributed by atoms with Crippen molar-refractivity contribution in [3.8, 4) is 5.75 Å². The normalized spacial score (nSPS) is 16.2. The first-order valence-electron chi connectivity index (χ1n) is 8.63. The summed E-state index contributed by atoms with van der Waals surface area (Å²) in [7, 11) is 0. The van der Waals surface area contributed by atoms with Crippen molar-refractivity contribution in [3.05, 3.63) is 29.8 Å². The van der Waals surface area contributed by atoms with Gasteiger partial charge < -0.3 is 4.74 Å². The summed E-state index contributed by atoms with van der Waals surface area (Å²) in [6, 6.07) is 8.89. The SMILES string of the molecule is CCCCCCCOc1ccc(C2CCCCC2)cc1. The van der Waals surface area contributed by atoms with E-state index in [-0.39, 0.29) is 0 Å². The van der Waals surface area contributed by atoms with E-state index in [0.717, 1.165) is 18.3 Å². The van der Waals surface area contributed by atoms with Crippen LogP contribution in [0, 0.1) is 0 Å². The molecule has 1 aromatic rings. The van der Waals surface area contributed by atoms with Crippen molar-refractivity contribution in [2.75, 3.05) is 6.61 Å². The fourth-order valence-electron chi connectivity index (χ4n) is 3.17. The molecule has 2 rings (SSSR count). The minimum atomic E-state index is 0.798. The largest absolute Gasteiger partial charge is 0.494 e. The molecule has 0 bridgehead atoms. The number of hydrogen-bond acceptors (Lipinski definition) is 1. The van der Waals surface area contributed by atoms with Crippen molar-refractivity contribution in [2.24, 2.45) is 0 Å². The molecule has 1 nitrogen and oxygen atoms in total. The highest BCUT2D eigenvalue weighted by molar-refractivity contribution is 5.29. The maximum absolute atomic E-state index is 5.83. The molecule has 112 valence electrons. The molecule has 1 aromatic carbocycles. The summed E-state index contributed by atoms with van der Waals surface area (Å²) < 4.78 is 5.83. The third-order valence-electron chi connectivity index (χ3n) is 4.47. The number of benzene rings is 1. The van der Waals surface area contributed by atoms with Crippen molar-refractivity contribution in [1.82, 2.24) is 0 Å². The summed E-state index contributed by atoms with van der Waals surface area (Å²) in [6.07, 6.45) is 13.5. The molecule has 0 atom stereocenters. The van der Waals surface area contributed by atoms with E-state index in [1.54, 1.807) is 0 Å². The minimum absolute atomic E-state index is 0.798. The molecule has 1 heteroatoms. The maximum atomic E-state index is 5.83. The van der Waals surface area contributed by atoms with E-state index >= 15 is 0 Å². The molecule has 20 heavy (non-hydrogen) atoms. The Bertz CT molecular complexity index is 349. The predicted molar refractivity (Wildman–Crippen MR) is 86.5 cm³/mol. The van der Waals surface area contributed by atoms with Gasteiger partial charge in [0.2, 0.25) is 0 Å². The fraction of sp³-hybridized carbons (Fsp3) is 0.684. The van der Waals surface area contributed by atoms with Crippen molar-refractivity contribution >= 4 is 0 Å². The van der Waals surface area contributed by atoms with E-state index < -0.39 is 0 Å². The third kappa shape index (κ3) is 5.19. The first-order valence-corrected chi connectivity index (χ1v) is 8.63. The van der Waals surface area contributed by atoms with Crippen LogP contribution < -0.4 is 4.74 Å². The smallest absolute Gasteiger partial charge is 0.119 e. The molecule has 1 saturated carbocycles. The Labute approximate surface area is 124 Å². The second kappa shape index (κ2) is 9.05. The Morgan fingerprint density at radius 1 is 0.900 bits per heavy atom. The highest BCUT2D eigenvalue weighted by Gasteiger charge is 2.15. The Balaban J connectivity index is 1.68. The van der Waals surface area contributed by atoms with Crippen LogP contribution in [-0.4, -0.2) is 6.61 Å². The van der Waals surface area contributed by atoms with E-state index in [1.165, 1.54) is 69.8 Å². The van der Waals surface area contributed by atoms with Crippen molar-refractivity contribution < 1.29 is 4.74 Å². The van der Waals surface area contributed by atoms with E-state index in [9.17, 15) is 0 Å². The molecule has 0 aliphatic heterocycles. The van der Waals surface area contributed by atoms with Crippen molar-refractivity contribution in [1.29, 1.82) is 0 Å². The maximum Gasteiger partial charge on any atom is 0.119 e. The second-order valence-electron chi connectivity index (χ2n) is 6.17. The molecule has 0 heterocycles. The van der Waals surface area contributed by atoms with Gasteiger partial charge in [-0.2, -0.15) is 0 Å². The summed E-state index contributed by atoms with van der Waals surface area (Å²) >= 11 is 0. The van der Waals surface area contributed by atoms with Gasteiger partial charge in [0.05, 0.1) is 6.61 Å². The molecule has 0 spiro atoms. The average molecular weight is 274 g/mol. The summed E-state index contributed by atoms with van der Waals surface area (Å²) in [5.41, 5.74) is 1.51. The van der Waals surface area contributed by atoms with Gasteiger partial charge in [-0.15, -0.1) is 0 Å². The van der Waals surface area contributed by atoms with Crippen LogP contribution in [0.25, 0.3) is 0 Å². The molecular formula is C19H30O. The zero-order valence-corrected chi connectivity index (χ0v) is 13.1. The van der Waals surface area contributed by atoms with Gasteiger partial charge in [-0.1, -0.05) is 64.0 Å². The standard InChI is InChI=1S/C19H30O/c1-2-3-4-5-9-16-20-19-14-12-18(13-15-19)17-10-7-6-8-11-17/h12-15,17H,2-11,16H2,1H3. The number of ether oxygens (including phenoxy) is 1. The highest BCUT2D eigenvalue weighted by Crippen LogP contribution is 2.33. The monoisotopic (exact) mass is 274 g/mol. The van der Waals surface area contributed by atoms with E-state index in [1.807, 2.05) is 0 Å². The zero-order valence-electron chi connectivity index (χ0n) is 13.1. The molecule has 0 radical (unpaired) electrons. The van der Waals surface area contributed by atoms with Gasteiger partial charge in [0, 0.05) is 0 Å². The van der Waals surface area contributed by atoms with Crippen LogP contribution in [0.15, 0.2) is 24.3 Å². The van der Waals surface area contributed by atoms with Gasteiger partial charge in [-0.3, -0.25) is 0 Å². The summed E-state index contributed by atoms with van der Waals surface area (Å²) in [4.78, 5) is 0. The van der Waals surface area contributed by atoms with Gasteiger partial charge in [-0.25, -0.2) is 0 Å². The summed E-state index contributed by atoms with van der Waals surface area (Å²) in [6.45, 7) is 3.12. The summed E-state index contributed by atoms with van der Waals surface area (Å²) in [5.74, 6) is 1.84. The molecule has 0 N–H and O–H groups in total. The Morgan fingerprint density at radius 3 is 2.30 bits per heavy atom. The first-order chi connectivity index (χ1) is 9.90. The van der Waals surface area contributed by atoms with Crippen LogP contribution in [0.3, 0.4) is 0 Å². The van der Waals surface area contributed by atoms with Crippen LogP contribution in [0.2, 0.25) is 0 Å². The highest BCUT2D eigenvalue weighted by atomic mass is 16.5. The van der Waals surface area contributed by atoms with E-state index in [4.69, 9.17) is 4.74 Å². The van der Waals surface area contributed by atoms with Crippen molar-refractivity contribution in [3.63, 3.8) is 0 Å². The number of hydrogen-bond donors (Lipinski definition) is 0. The molecule has 0 aromatic heterocycles. The molecular weight excluding hydrogens is 244 g/mol. The molecule has 1 aliphatic rings. The quantitative estimate of drug-likeness (QED) is 0.522. The van der Waals surface area contributed by atoms with Crippen LogP contribution in [0.4, 0.5) is 0 Å². The van der Waals surface area contributed by atoms with Crippen LogP contribution in [0.5, 0.6) is 5.75 Å². The molecule has 1 fully saturated rings. The molecule has 0 unspecified atom stereocenters. The van der Waals surface area contributed by atoms with Crippen LogP contribution >= 0.6 is 0 Å². The van der Waals surface area contributed by atoms with Gasteiger partial charge in [0.15, 0.2) is 0 Å². The lowest BCUT2D eigenvalue weighted by atomic mass is 9.84. The lowest BCUT2D eigenvalue weighted by Crippen LogP contribution is -2.04. The van der Waals surface area contributed by atoms with E-state index in [2.05, 4.69) is 31.2 Å². The molecule has 0 amide bonds. The van der Waals surface area contributed by atoms with Crippen molar-refractivity contribution in [2.45, 2.75) is 77.0 Å². The topological polar surface area (TPSA) is 9.23 Å². The van der Waals surface area contributed by atoms with Crippen LogP contribution in [0.1, 0.15) is 82.6 Å². The second-order valence-corrected chi connectivity index (χ2v) is 6.17. The lowest BCUT2D eigenvalue weighted by molar-refractivity contribution is 0.304. The third-order valence-corrected chi connectivity index (χ3v) is 4.47. The Hall–Kier alpha value is -0.980. The Morgan fingerprint density at radius 2 is 1.60 bits per heavy atom. The van der Waals surface area contributed by atoms with Gasteiger partial charge in [0.1, 0.15) is 5.75 Å².